The molecule has 0 amide bonds. The van der Waals surface area contributed by atoms with E-state index in [-0.39, 0.29) is 6.04 Å². The number of rotatable bonds is 4. The van der Waals surface area contributed by atoms with Gasteiger partial charge in [0.05, 0.1) is 6.04 Å². The molecule has 2 nitrogen and oxygen atoms in total. The average Bonchev–Trinajstić information content (AvgIpc) is 3.26. The van der Waals surface area contributed by atoms with Crippen LogP contribution >= 0.6 is 11.6 Å². The molecule has 1 fully saturated rings. The van der Waals surface area contributed by atoms with E-state index in [4.69, 9.17) is 17.4 Å². The van der Waals surface area contributed by atoms with Crippen molar-refractivity contribution in [1.82, 2.24) is 5.43 Å². The Morgan fingerprint density at radius 1 is 1.15 bits per heavy atom. The van der Waals surface area contributed by atoms with Gasteiger partial charge in [-0.25, -0.2) is 0 Å². The summed E-state index contributed by atoms with van der Waals surface area (Å²) in [6.07, 6.45) is 1.16. The molecule has 104 valence electrons. The lowest BCUT2D eigenvalue weighted by atomic mass is 9.98. The molecule has 0 radical (unpaired) electrons. The van der Waals surface area contributed by atoms with Crippen LogP contribution in [0.15, 0.2) is 48.5 Å². The van der Waals surface area contributed by atoms with Gasteiger partial charge in [-0.2, -0.15) is 0 Å². The van der Waals surface area contributed by atoms with Crippen molar-refractivity contribution in [1.29, 1.82) is 0 Å². The van der Waals surface area contributed by atoms with E-state index in [1.54, 1.807) is 0 Å². The minimum absolute atomic E-state index is 0.118. The average molecular weight is 287 g/mol. The van der Waals surface area contributed by atoms with Crippen LogP contribution < -0.4 is 11.3 Å². The minimum Gasteiger partial charge on any atom is -0.271 e. The van der Waals surface area contributed by atoms with E-state index < -0.39 is 0 Å². The van der Waals surface area contributed by atoms with E-state index in [9.17, 15) is 0 Å². The van der Waals surface area contributed by atoms with Crippen LogP contribution in [0.2, 0.25) is 5.02 Å². The third-order valence-corrected chi connectivity index (χ3v) is 4.75. The molecule has 2 aromatic rings. The van der Waals surface area contributed by atoms with Crippen molar-refractivity contribution in [2.45, 2.75) is 25.3 Å². The lowest BCUT2D eigenvalue weighted by Gasteiger charge is -2.19. The van der Waals surface area contributed by atoms with Gasteiger partial charge in [0.15, 0.2) is 0 Å². The SMILES string of the molecule is Cc1cccc(C(NN)C2CC2c2ccccc2)c1Cl. The number of benzene rings is 2. The molecule has 0 spiro atoms. The van der Waals surface area contributed by atoms with Gasteiger partial charge in [0, 0.05) is 5.02 Å². The molecule has 3 rings (SSSR count). The van der Waals surface area contributed by atoms with Crippen LogP contribution in [0, 0.1) is 12.8 Å². The van der Waals surface area contributed by atoms with E-state index in [0.717, 1.165) is 22.6 Å². The van der Waals surface area contributed by atoms with Crippen LogP contribution in [-0.2, 0) is 0 Å². The molecule has 2 aromatic carbocycles. The number of hydrazine groups is 1. The first-order valence-electron chi connectivity index (χ1n) is 6.98. The number of hydrogen-bond acceptors (Lipinski definition) is 2. The molecular weight excluding hydrogens is 268 g/mol. The Labute approximate surface area is 124 Å². The summed E-state index contributed by atoms with van der Waals surface area (Å²) in [4.78, 5) is 0. The van der Waals surface area contributed by atoms with Crippen LogP contribution in [0.1, 0.15) is 35.1 Å². The largest absolute Gasteiger partial charge is 0.271 e. The summed E-state index contributed by atoms with van der Waals surface area (Å²) in [6.45, 7) is 2.03. The van der Waals surface area contributed by atoms with Crippen molar-refractivity contribution >= 4 is 11.6 Å². The number of nitrogens with two attached hydrogens (primary N) is 1. The van der Waals surface area contributed by atoms with Crippen molar-refractivity contribution in [3.05, 3.63) is 70.2 Å². The minimum atomic E-state index is 0.118. The molecule has 3 N–H and O–H groups in total. The Balaban J connectivity index is 1.84. The molecule has 0 bridgehead atoms. The van der Waals surface area contributed by atoms with Crippen molar-refractivity contribution < 1.29 is 0 Å². The lowest BCUT2D eigenvalue weighted by Crippen LogP contribution is -2.30. The van der Waals surface area contributed by atoms with Gasteiger partial charge in [-0.05, 0) is 41.9 Å². The van der Waals surface area contributed by atoms with Gasteiger partial charge in [-0.3, -0.25) is 11.3 Å². The van der Waals surface area contributed by atoms with E-state index in [2.05, 4.69) is 41.8 Å². The van der Waals surface area contributed by atoms with Gasteiger partial charge < -0.3 is 0 Å². The smallest absolute Gasteiger partial charge is 0.0509 e. The summed E-state index contributed by atoms with van der Waals surface area (Å²) in [7, 11) is 0. The van der Waals surface area contributed by atoms with Gasteiger partial charge in [-0.15, -0.1) is 0 Å². The van der Waals surface area contributed by atoms with E-state index in [1.165, 1.54) is 5.56 Å². The first-order valence-corrected chi connectivity index (χ1v) is 7.36. The van der Waals surface area contributed by atoms with E-state index in [0.29, 0.717) is 11.8 Å². The predicted octanol–water partition coefficient (Wildman–Crippen LogP) is 3.96. The number of aryl methyl sites for hydroxylation is 1. The molecule has 1 saturated carbocycles. The van der Waals surface area contributed by atoms with Crippen molar-refractivity contribution in [2.75, 3.05) is 0 Å². The fraction of sp³-hybridized carbons (Fsp3) is 0.294. The highest BCUT2D eigenvalue weighted by Crippen LogP contribution is 2.54. The maximum absolute atomic E-state index is 6.44. The lowest BCUT2D eigenvalue weighted by molar-refractivity contribution is 0.487. The van der Waals surface area contributed by atoms with Gasteiger partial charge in [-0.1, -0.05) is 60.1 Å². The van der Waals surface area contributed by atoms with E-state index in [1.807, 2.05) is 19.1 Å². The zero-order valence-electron chi connectivity index (χ0n) is 11.5. The van der Waals surface area contributed by atoms with Crippen LogP contribution in [0.4, 0.5) is 0 Å². The predicted molar refractivity (Wildman–Crippen MR) is 83.5 cm³/mol. The van der Waals surface area contributed by atoms with Gasteiger partial charge in [0.1, 0.15) is 0 Å². The molecule has 0 aromatic heterocycles. The Bertz CT molecular complexity index is 597. The molecular formula is C17H19ClN2. The highest BCUT2D eigenvalue weighted by atomic mass is 35.5. The second-order valence-electron chi connectivity index (χ2n) is 5.54. The monoisotopic (exact) mass is 286 g/mol. The van der Waals surface area contributed by atoms with Gasteiger partial charge in [0.2, 0.25) is 0 Å². The van der Waals surface area contributed by atoms with Crippen molar-refractivity contribution in [2.24, 2.45) is 11.8 Å². The second kappa shape index (κ2) is 5.57. The quantitative estimate of drug-likeness (QED) is 0.659. The summed E-state index contributed by atoms with van der Waals surface area (Å²) in [6, 6.07) is 16.9. The molecule has 3 unspecified atom stereocenters. The van der Waals surface area contributed by atoms with Gasteiger partial charge in [0.25, 0.3) is 0 Å². The summed E-state index contributed by atoms with van der Waals surface area (Å²) in [5.41, 5.74) is 6.56. The van der Waals surface area contributed by atoms with Gasteiger partial charge >= 0.3 is 0 Å². The maximum Gasteiger partial charge on any atom is 0.0509 e. The Hall–Kier alpha value is -1.35. The summed E-state index contributed by atoms with van der Waals surface area (Å²) in [5.74, 6) is 6.89. The van der Waals surface area contributed by atoms with Crippen molar-refractivity contribution in [3.63, 3.8) is 0 Å². The molecule has 1 aliphatic carbocycles. The fourth-order valence-corrected chi connectivity index (χ4v) is 3.26. The number of halogens is 1. The summed E-state index contributed by atoms with van der Waals surface area (Å²) >= 11 is 6.44. The molecule has 20 heavy (non-hydrogen) atoms. The third kappa shape index (κ3) is 2.47. The van der Waals surface area contributed by atoms with Crippen LogP contribution in [-0.4, -0.2) is 0 Å². The van der Waals surface area contributed by atoms with E-state index >= 15 is 0 Å². The van der Waals surface area contributed by atoms with Crippen LogP contribution in [0.3, 0.4) is 0 Å². The third-order valence-electron chi connectivity index (χ3n) is 4.23. The Morgan fingerprint density at radius 3 is 2.60 bits per heavy atom. The first kappa shape index (κ1) is 13.6. The highest BCUT2D eigenvalue weighted by molar-refractivity contribution is 6.32. The molecule has 0 saturated heterocycles. The molecule has 1 aliphatic rings. The van der Waals surface area contributed by atoms with Crippen LogP contribution in [0.5, 0.6) is 0 Å². The molecule has 3 heteroatoms. The normalized spacial score (nSPS) is 22.6. The highest BCUT2D eigenvalue weighted by Gasteiger charge is 2.44. The summed E-state index contributed by atoms with van der Waals surface area (Å²) < 4.78 is 0. The molecule has 0 aliphatic heterocycles. The topological polar surface area (TPSA) is 38.0 Å². The Kier molecular flexibility index (Phi) is 3.79. The zero-order valence-corrected chi connectivity index (χ0v) is 12.3. The molecule has 0 heterocycles. The van der Waals surface area contributed by atoms with Crippen molar-refractivity contribution in [3.8, 4) is 0 Å². The Morgan fingerprint density at radius 2 is 1.90 bits per heavy atom. The summed E-state index contributed by atoms with van der Waals surface area (Å²) in [5, 5.41) is 0.828. The second-order valence-corrected chi connectivity index (χ2v) is 5.92. The fourth-order valence-electron chi connectivity index (χ4n) is 3.02. The number of nitrogens with one attached hydrogen (secondary N) is 1. The molecule has 3 atom stereocenters. The first-order chi connectivity index (χ1) is 9.72. The standard InChI is InChI=1S/C17H19ClN2/c1-11-6-5-9-13(16(11)18)17(20-19)15-10-14(15)12-7-3-2-4-8-12/h2-9,14-15,17,20H,10,19H2,1H3. The number of hydrogen-bond donors (Lipinski definition) is 2. The maximum atomic E-state index is 6.44. The zero-order chi connectivity index (χ0) is 14.1. The van der Waals surface area contributed by atoms with Crippen LogP contribution in [0.25, 0.3) is 0 Å².